The lowest BCUT2D eigenvalue weighted by Crippen LogP contribution is -2.39. The van der Waals surface area contributed by atoms with E-state index < -0.39 is 5.60 Å². The molecule has 24 heavy (non-hydrogen) atoms. The zero-order valence-corrected chi connectivity index (χ0v) is 14.4. The van der Waals surface area contributed by atoms with Crippen LogP contribution in [0.25, 0.3) is 0 Å². The molecule has 0 fully saturated rings. The highest BCUT2D eigenvalue weighted by Crippen LogP contribution is 2.30. The highest BCUT2D eigenvalue weighted by molar-refractivity contribution is 5.92. The molecule has 0 saturated heterocycles. The number of aryl methyl sites for hydroxylation is 1. The Balaban J connectivity index is 2.11. The number of rotatable bonds is 3. The van der Waals surface area contributed by atoms with E-state index in [1.807, 2.05) is 32.9 Å². The maximum Gasteiger partial charge on any atom is 0.414 e. The van der Waals surface area contributed by atoms with Gasteiger partial charge in [0.2, 0.25) is 0 Å². The van der Waals surface area contributed by atoms with Gasteiger partial charge in [-0.05, 0) is 57.4 Å². The summed E-state index contributed by atoms with van der Waals surface area (Å²) in [5.41, 5.74) is 1.92. The van der Waals surface area contributed by atoms with Gasteiger partial charge in [0.15, 0.2) is 0 Å². The van der Waals surface area contributed by atoms with E-state index in [-0.39, 0.29) is 25.3 Å². The summed E-state index contributed by atoms with van der Waals surface area (Å²) < 4.78 is 5.46. The van der Waals surface area contributed by atoms with Crippen molar-refractivity contribution in [1.82, 2.24) is 5.32 Å². The van der Waals surface area contributed by atoms with Crippen LogP contribution in [0.15, 0.2) is 18.2 Å². The summed E-state index contributed by atoms with van der Waals surface area (Å²) >= 11 is 0. The van der Waals surface area contributed by atoms with Gasteiger partial charge in [0.1, 0.15) is 5.60 Å². The third-order valence-electron chi connectivity index (χ3n) is 3.47. The van der Waals surface area contributed by atoms with Gasteiger partial charge < -0.3 is 20.5 Å². The lowest BCUT2D eigenvalue weighted by Gasteiger charge is -2.32. The standard InChI is InChI=1S/C17H25N3O4/c1-17(2,3)24-16(23)20-9-4-5-12-11-13(6-7-14(12)20)19-15(22)18-8-10-21/h6-7,11,21H,4-5,8-10H2,1-3H3,(H2,18,19,22). The van der Waals surface area contributed by atoms with Crippen LogP contribution in [0.3, 0.4) is 0 Å². The number of aliphatic hydroxyl groups is 1. The molecule has 0 atom stereocenters. The lowest BCUT2D eigenvalue weighted by atomic mass is 10.0. The molecular formula is C17H25N3O4. The summed E-state index contributed by atoms with van der Waals surface area (Å²) in [6.45, 7) is 6.23. The lowest BCUT2D eigenvalue weighted by molar-refractivity contribution is 0.0578. The van der Waals surface area contributed by atoms with Gasteiger partial charge in [0, 0.05) is 18.8 Å². The molecule has 0 aliphatic carbocycles. The van der Waals surface area contributed by atoms with Crippen molar-refractivity contribution >= 4 is 23.5 Å². The molecule has 7 heteroatoms. The first-order chi connectivity index (χ1) is 11.3. The number of hydrogen-bond acceptors (Lipinski definition) is 4. The van der Waals surface area contributed by atoms with Crippen LogP contribution in [-0.2, 0) is 11.2 Å². The third kappa shape index (κ3) is 4.86. The fraction of sp³-hybridized carbons (Fsp3) is 0.529. The van der Waals surface area contributed by atoms with Gasteiger partial charge in [0.05, 0.1) is 12.3 Å². The molecule has 1 heterocycles. The maximum absolute atomic E-state index is 12.4. The first kappa shape index (κ1) is 18.1. The van der Waals surface area contributed by atoms with E-state index in [9.17, 15) is 9.59 Å². The van der Waals surface area contributed by atoms with Crippen molar-refractivity contribution in [2.24, 2.45) is 0 Å². The number of nitrogens with one attached hydrogen (secondary N) is 2. The minimum atomic E-state index is -0.541. The van der Waals surface area contributed by atoms with Gasteiger partial charge in [-0.1, -0.05) is 0 Å². The van der Waals surface area contributed by atoms with Crippen molar-refractivity contribution < 1.29 is 19.4 Å². The number of amides is 3. The minimum absolute atomic E-state index is 0.109. The van der Waals surface area contributed by atoms with E-state index in [2.05, 4.69) is 10.6 Å². The molecule has 3 amide bonds. The number of benzene rings is 1. The zero-order valence-electron chi connectivity index (χ0n) is 14.4. The van der Waals surface area contributed by atoms with Crippen LogP contribution in [0.2, 0.25) is 0 Å². The van der Waals surface area contributed by atoms with E-state index in [1.165, 1.54) is 0 Å². The van der Waals surface area contributed by atoms with E-state index in [4.69, 9.17) is 9.84 Å². The molecule has 1 aliphatic heterocycles. The summed E-state index contributed by atoms with van der Waals surface area (Å²) in [4.78, 5) is 25.6. The summed E-state index contributed by atoms with van der Waals surface area (Å²) in [5, 5.41) is 14.0. The normalized spacial score (nSPS) is 13.9. The molecule has 132 valence electrons. The fourth-order valence-corrected chi connectivity index (χ4v) is 2.53. The van der Waals surface area contributed by atoms with E-state index in [0.717, 1.165) is 24.1 Å². The Morgan fingerprint density at radius 3 is 2.75 bits per heavy atom. The molecule has 1 aromatic carbocycles. The van der Waals surface area contributed by atoms with E-state index >= 15 is 0 Å². The van der Waals surface area contributed by atoms with Crippen molar-refractivity contribution in [1.29, 1.82) is 0 Å². The van der Waals surface area contributed by atoms with Gasteiger partial charge in [0.25, 0.3) is 0 Å². The Morgan fingerprint density at radius 2 is 2.08 bits per heavy atom. The maximum atomic E-state index is 12.4. The highest BCUT2D eigenvalue weighted by Gasteiger charge is 2.27. The number of nitrogens with zero attached hydrogens (tertiary/aromatic N) is 1. The molecular weight excluding hydrogens is 310 g/mol. The molecule has 1 aliphatic rings. The number of hydrogen-bond donors (Lipinski definition) is 3. The number of carbonyl (C=O) groups is 2. The average Bonchev–Trinajstić information content (AvgIpc) is 2.50. The van der Waals surface area contributed by atoms with Crippen LogP contribution in [0.1, 0.15) is 32.8 Å². The Hall–Kier alpha value is -2.28. The van der Waals surface area contributed by atoms with Crippen LogP contribution < -0.4 is 15.5 Å². The molecule has 3 N–H and O–H groups in total. The summed E-state index contributed by atoms with van der Waals surface area (Å²) in [7, 11) is 0. The predicted molar refractivity (Wildman–Crippen MR) is 92.5 cm³/mol. The quantitative estimate of drug-likeness (QED) is 0.791. The Kier molecular flexibility index (Phi) is 5.66. The second-order valence-corrected chi connectivity index (χ2v) is 6.68. The first-order valence-electron chi connectivity index (χ1n) is 8.09. The molecule has 0 unspecified atom stereocenters. The molecule has 2 rings (SSSR count). The Bertz CT molecular complexity index is 610. The summed E-state index contributed by atoms with van der Waals surface area (Å²) in [5.74, 6) is 0. The predicted octanol–water partition coefficient (Wildman–Crippen LogP) is 2.49. The second-order valence-electron chi connectivity index (χ2n) is 6.68. The van der Waals surface area contributed by atoms with E-state index in [1.54, 1.807) is 11.0 Å². The topological polar surface area (TPSA) is 90.9 Å². The Morgan fingerprint density at radius 1 is 1.33 bits per heavy atom. The van der Waals surface area contributed by atoms with Crippen LogP contribution in [0.4, 0.5) is 21.0 Å². The minimum Gasteiger partial charge on any atom is -0.443 e. The van der Waals surface area contributed by atoms with Crippen LogP contribution in [0.5, 0.6) is 0 Å². The molecule has 1 aromatic rings. The Labute approximate surface area is 142 Å². The van der Waals surface area contributed by atoms with Gasteiger partial charge in [-0.25, -0.2) is 9.59 Å². The van der Waals surface area contributed by atoms with Crippen molar-refractivity contribution in [3.63, 3.8) is 0 Å². The molecule has 0 aromatic heterocycles. The molecule has 0 bridgehead atoms. The van der Waals surface area contributed by atoms with Crippen LogP contribution >= 0.6 is 0 Å². The van der Waals surface area contributed by atoms with E-state index in [0.29, 0.717) is 12.2 Å². The molecule has 7 nitrogen and oxygen atoms in total. The fourth-order valence-electron chi connectivity index (χ4n) is 2.53. The van der Waals surface area contributed by atoms with Gasteiger partial charge in [-0.2, -0.15) is 0 Å². The van der Waals surface area contributed by atoms with Crippen LogP contribution in [0, 0.1) is 0 Å². The largest absolute Gasteiger partial charge is 0.443 e. The summed E-state index contributed by atoms with van der Waals surface area (Å²) in [6.07, 6.45) is 1.32. The van der Waals surface area contributed by atoms with Crippen molar-refractivity contribution in [2.75, 3.05) is 29.9 Å². The average molecular weight is 335 g/mol. The zero-order chi connectivity index (χ0) is 17.7. The van der Waals surface area contributed by atoms with Crippen molar-refractivity contribution in [2.45, 2.75) is 39.2 Å². The third-order valence-corrected chi connectivity index (χ3v) is 3.47. The first-order valence-corrected chi connectivity index (χ1v) is 8.09. The number of urea groups is 1. The van der Waals surface area contributed by atoms with Crippen molar-refractivity contribution in [3.8, 4) is 0 Å². The van der Waals surface area contributed by atoms with Gasteiger partial charge in [-0.3, -0.25) is 4.90 Å². The van der Waals surface area contributed by atoms with Gasteiger partial charge in [-0.15, -0.1) is 0 Å². The number of fused-ring (bicyclic) bond motifs is 1. The van der Waals surface area contributed by atoms with Crippen LogP contribution in [-0.4, -0.2) is 42.5 Å². The molecule has 0 radical (unpaired) electrons. The summed E-state index contributed by atoms with van der Waals surface area (Å²) in [6, 6.07) is 5.06. The number of ether oxygens (including phenoxy) is 1. The highest BCUT2D eigenvalue weighted by atomic mass is 16.6. The number of aliphatic hydroxyl groups excluding tert-OH is 1. The molecule has 0 spiro atoms. The SMILES string of the molecule is CC(C)(C)OC(=O)N1CCCc2cc(NC(=O)NCCO)ccc21. The van der Waals surface area contributed by atoms with Crippen molar-refractivity contribution in [3.05, 3.63) is 23.8 Å². The van der Waals surface area contributed by atoms with Gasteiger partial charge >= 0.3 is 12.1 Å². The smallest absolute Gasteiger partial charge is 0.414 e. The second kappa shape index (κ2) is 7.53. The monoisotopic (exact) mass is 335 g/mol. The number of carbonyl (C=O) groups excluding carboxylic acids is 2. The number of anilines is 2. The molecule has 0 saturated carbocycles.